The summed E-state index contributed by atoms with van der Waals surface area (Å²) in [6.45, 7) is 9.46. The summed E-state index contributed by atoms with van der Waals surface area (Å²) in [6.07, 6.45) is 0. The molecule has 0 aromatic heterocycles. The van der Waals surface area contributed by atoms with Gasteiger partial charge in [-0.2, -0.15) is 8.42 Å². The Morgan fingerprint density at radius 1 is 1.05 bits per heavy atom. The number of carbonyl (C=O) groups excluding carboxylic acids is 2. The van der Waals surface area contributed by atoms with Crippen molar-refractivity contribution in [1.82, 2.24) is 0 Å². The van der Waals surface area contributed by atoms with Crippen LogP contribution in [0.3, 0.4) is 0 Å². The number of ether oxygens (including phenoxy) is 2. The zero-order valence-corrected chi connectivity index (χ0v) is 12.8. The fourth-order valence-electron chi connectivity index (χ4n) is 1.25. The summed E-state index contributed by atoms with van der Waals surface area (Å²) in [6, 6.07) is 3.41. The number of hydrogen-bond acceptors (Lipinski definition) is 6. The summed E-state index contributed by atoms with van der Waals surface area (Å²) in [5.74, 6) is -2.74. The lowest BCUT2D eigenvalue weighted by Crippen LogP contribution is -2.15. The molecule has 8 heteroatoms. The Labute approximate surface area is 127 Å². The maximum Gasteiger partial charge on any atom is 0.338 e. The van der Waals surface area contributed by atoms with E-state index in [4.69, 9.17) is 9.47 Å². The molecule has 1 aromatic rings. The molecule has 0 heterocycles. The highest BCUT2D eigenvalue weighted by molar-refractivity contribution is 7.86. The van der Waals surface area contributed by atoms with E-state index in [9.17, 15) is 22.6 Å². The molecule has 1 rings (SSSR count). The molecule has 0 aliphatic rings. The van der Waals surface area contributed by atoms with Gasteiger partial charge in [0.1, 0.15) is 4.90 Å². The van der Waals surface area contributed by atoms with Crippen LogP contribution in [0.5, 0.6) is 11.5 Å². The molecule has 0 atom stereocenters. The van der Waals surface area contributed by atoms with Crippen LogP contribution in [0.25, 0.3) is 0 Å². The number of benzene rings is 1. The highest BCUT2D eigenvalue weighted by Crippen LogP contribution is 2.35. The van der Waals surface area contributed by atoms with Crippen LogP contribution in [0.4, 0.5) is 0 Å². The first-order valence-corrected chi connectivity index (χ1v) is 7.34. The zero-order chi connectivity index (χ0) is 17.1. The third-order valence-corrected chi connectivity index (χ3v) is 3.19. The molecule has 7 nitrogen and oxygen atoms in total. The third-order valence-electron chi connectivity index (χ3n) is 2.32. The molecule has 0 radical (unpaired) electrons. The Balaban J connectivity index is 3.44. The van der Waals surface area contributed by atoms with E-state index in [2.05, 4.69) is 13.2 Å². The predicted octanol–water partition coefficient (Wildman–Crippen LogP) is 1.90. The second-order valence-corrected chi connectivity index (χ2v) is 5.79. The minimum Gasteiger partial charge on any atom is -0.419 e. The van der Waals surface area contributed by atoms with Gasteiger partial charge in [-0.05, 0) is 26.0 Å². The smallest absolute Gasteiger partial charge is 0.338 e. The molecule has 0 unspecified atom stereocenters. The number of esters is 2. The first-order chi connectivity index (χ1) is 10.0. The second kappa shape index (κ2) is 6.54. The van der Waals surface area contributed by atoms with Crippen molar-refractivity contribution in [3.63, 3.8) is 0 Å². The van der Waals surface area contributed by atoms with Crippen molar-refractivity contribution >= 4 is 22.1 Å². The lowest BCUT2D eigenvalue weighted by Gasteiger charge is -2.13. The molecule has 0 amide bonds. The Kier molecular flexibility index (Phi) is 5.23. The van der Waals surface area contributed by atoms with Crippen molar-refractivity contribution in [3.05, 3.63) is 42.5 Å². The average molecular weight is 326 g/mol. The molecule has 0 bridgehead atoms. The van der Waals surface area contributed by atoms with Crippen LogP contribution in [0.2, 0.25) is 0 Å². The van der Waals surface area contributed by atoms with Gasteiger partial charge in [0.05, 0.1) is 0 Å². The Hall–Kier alpha value is -2.45. The Morgan fingerprint density at radius 2 is 1.55 bits per heavy atom. The van der Waals surface area contributed by atoms with Crippen molar-refractivity contribution in [2.24, 2.45) is 0 Å². The first kappa shape index (κ1) is 17.6. The van der Waals surface area contributed by atoms with E-state index in [0.29, 0.717) is 0 Å². The minimum absolute atomic E-state index is 0.0117. The normalized spacial score (nSPS) is 10.7. The Morgan fingerprint density at radius 3 is 2.00 bits per heavy atom. The van der Waals surface area contributed by atoms with Crippen LogP contribution < -0.4 is 9.47 Å². The van der Waals surface area contributed by atoms with Crippen LogP contribution in [-0.4, -0.2) is 24.9 Å². The molecule has 0 aliphatic heterocycles. The van der Waals surface area contributed by atoms with Gasteiger partial charge in [0, 0.05) is 11.1 Å². The molecule has 0 saturated heterocycles. The van der Waals surface area contributed by atoms with Gasteiger partial charge in [-0.15, -0.1) is 0 Å². The summed E-state index contributed by atoms with van der Waals surface area (Å²) in [4.78, 5) is 22.4. The van der Waals surface area contributed by atoms with Gasteiger partial charge in [-0.25, -0.2) is 9.59 Å². The van der Waals surface area contributed by atoms with Crippen molar-refractivity contribution in [2.75, 3.05) is 0 Å². The number of hydrogen-bond donors (Lipinski definition) is 1. The summed E-state index contributed by atoms with van der Waals surface area (Å²) in [5.41, 5.74) is 0.0387. The summed E-state index contributed by atoms with van der Waals surface area (Å²) >= 11 is 0. The van der Waals surface area contributed by atoms with Gasteiger partial charge in [0.25, 0.3) is 10.1 Å². The van der Waals surface area contributed by atoms with Gasteiger partial charge < -0.3 is 9.47 Å². The standard InChI is InChI=1S/C14H14O7S/c1-8(2)13(15)20-10-6-5-7-11(22(17,18)19)12(10)21-14(16)9(3)4/h5-7H,1,3H2,2,4H3,(H,17,18,19). The highest BCUT2D eigenvalue weighted by Gasteiger charge is 2.24. The largest absolute Gasteiger partial charge is 0.419 e. The van der Waals surface area contributed by atoms with E-state index in [0.717, 1.165) is 6.07 Å². The molecule has 1 aromatic carbocycles. The highest BCUT2D eigenvalue weighted by atomic mass is 32.2. The van der Waals surface area contributed by atoms with Crippen molar-refractivity contribution < 1.29 is 32.0 Å². The quantitative estimate of drug-likeness (QED) is 0.381. The van der Waals surface area contributed by atoms with Crippen LogP contribution in [0, 0.1) is 0 Å². The van der Waals surface area contributed by atoms with E-state index in [-0.39, 0.29) is 16.9 Å². The molecule has 0 saturated carbocycles. The maximum absolute atomic E-state index is 11.6. The number of para-hydroxylation sites is 1. The van der Waals surface area contributed by atoms with Gasteiger partial charge >= 0.3 is 11.9 Å². The van der Waals surface area contributed by atoms with Crippen LogP contribution in [0.1, 0.15) is 13.8 Å². The number of rotatable bonds is 5. The molecule has 0 fully saturated rings. The summed E-state index contributed by atoms with van der Waals surface area (Å²) < 4.78 is 41.7. The molecule has 0 spiro atoms. The topological polar surface area (TPSA) is 107 Å². The van der Waals surface area contributed by atoms with E-state index in [1.165, 1.54) is 26.0 Å². The average Bonchev–Trinajstić information content (AvgIpc) is 2.38. The lowest BCUT2D eigenvalue weighted by atomic mass is 10.3. The third kappa shape index (κ3) is 4.27. The van der Waals surface area contributed by atoms with Crippen LogP contribution in [0.15, 0.2) is 47.4 Å². The minimum atomic E-state index is -4.70. The van der Waals surface area contributed by atoms with Crippen LogP contribution >= 0.6 is 0 Å². The molecule has 118 valence electrons. The summed E-state index contributed by atoms with van der Waals surface area (Å²) in [7, 11) is -4.70. The van der Waals surface area contributed by atoms with Gasteiger partial charge in [0.2, 0.25) is 0 Å². The first-order valence-electron chi connectivity index (χ1n) is 5.90. The van der Waals surface area contributed by atoms with E-state index >= 15 is 0 Å². The maximum atomic E-state index is 11.6. The van der Waals surface area contributed by atoms with E-state index in [1.807, 2.05) is 0 Å². The van der Waals surface area contributed by atoms with Gasteiger partial charge in [-0.1, -0.05) is 19.2 Å². The Bertz CT molecular complexity index is 759. The fraction of sp³-hybridized carbons (Fsp3) is 0.143. The van der Waals surface area contributed by atoms with E-state index < -0.39 is 32.7 Å². The molecule has 0 aliphatic carbocycles. The lowest BCUT2D eigenvalue weighted by molar-refractivity contribution is -0.132. The zero-order valence-electron chi connectivity index (χ0n) is 12.0. The molecular weight excluding hydrogens is 312 g/mol. The van der Waals surface area contributed by atoms with E-state index in [1.54, 1.807) is 0 Å². The molecule has 22 heavy (non-hydrogen) atoms. The monoisotopic (exact) mass is 326 g/mol. The van der Waals surface area contributed by atoms with Crippen molar-refractivity contribution in [2.45, 2.75) is 18.7 Å². The van der Waals surface area contributed by atoms with Crippen LogP contribution in [-0.2, 0) is 19.7 Å². The summed E-state index contributed by atoms with van der Waals surface area (Å²) in [5, 5.41) is 0. The van der Waals surface area contributed by atoms with Crippen molar-refractivity contribution in [3.8, 4) is 11.5 Å². The molecule has 1 N–H and O–H groups in total. The SMILES string of the molecule is C=C(C)C(=O)Oc1cccc(S(=O)(=O)O)c1OC(=O)C(=C)C. The predicted molar refractivity (Wildman–Crippen MR) is 77.2 cm³/mol. The van der Waals surface area contributed by atoms with Gasteiger partial charge in [0.15, 0.2) is 11.5 Å². The fourth-order valence-corrected chi connectivity index (χ4v) is 1.87. The number of carbonyl (C=O) groups is 2. The van der Waals surface area contributed by atoms with Crippen molar-refractivity contribution in [1.29, 1.82) is 0 Å². The van der Waals surface area contributed by atoms with Gasteiger partial charge in [-0.3, -0.25) is 4.55 Å². The molecular formula is C14H14O7S. The second-order valence-electron chi connectivity index (χ2n) is 4.40.